The number of nitrogens with zero attached hydrogens (tertiary/aromatic N) is 6. The fraction of sp³-hybridized carbons (Fsp3) is 0.375. The number of anilines is 3. The van der Waals surface area contributed by atoms with E-state index in [1.165, 1.54) is 23.3 Å². The van der Waals surface area contributed by atoms with Gasteiger partial charge in [-0.3, -0.25) is 4.90 Å². The SMILES string of the molecule is Cc1sc2nc(CN3CCCC3)nc(S[C@H](C)c3nc(N)nc(Nc4ccccc4)n3)c2c1C. The van der Waals surface area contributed by atoms with Crippen molar-refractivity contribution in [3.63, 3.8) is 0 Å². The molecule has 34 heavy (non-hydrogen) atoms. The molecule has 1 aliphatic rings. The van der Waals surface area contributed by atoms with Gasteiger partial charge in [-0.05, 0) is 64.4 Å². The number of nitrogens with two attached hydrogens (primary N) is 1. The maximum Gasteiger partial charge on any atom is 0.232 e. The second kappa shape index (κ2) is 9.81. The first-order valence-corrected chi connectivity index (χ1v) is 13.1. The molecule has 1 aliphatic heterocycles. The van der Waals surface area contributed by atoms with E-state index < -0.39 is 0 Å². The lowest BCUT2D eigenvalue weighted by Crippen LogP contribution is -2.20. The third kappa shape index (κ3) is 4.98. The first-order chi connectivity index (χ1) is 16.5. The van der Waals surface area contributed by atoms with Gasteiger partial charge in [0.2, 0.25) is 11.9 Å². The van der Waals surface area contributed by atoms with Gasteiger partial charge in [0.25, 0.3) is 0 Å². The van der Waals surface area contributed by atoms with Crippen LogP contribution in [0.15, 0.2) is 35.4 Å². The Morgan fingerprint density at radius 2 is 1.82 bits per heavy atom. The van der Waals surface area contributed by atoms with Gasteiger partial charge in [0.15, 0.2) is 0 Å². The van der Waals surface area contributed by atoms with E-state index in [1.807, 2.05) is 30.3 Å². The number of rotatable bonds is 7. The molecule has 1 fully saturated rings. The lowest BCUT2D eigenvalue weighted by Gasteiger charge is -2.16. The molecule has 3 aromatic heterocycles. The maximum absolute atomic E-state index is 6.04. The molecule has 1 aromatic carbocycles. The standard InChI is InChI=1S/C24H28N8S2/c1-14-15(2)33-21-19(14)22(28-18(27-21)13-32-11-7-8-12-32)34-16(3)20-29-23(25)31-24(30-20)26-17-9-5-4-6-10-17/h4-6,9-10,16H,7-8,11-13H2,1-3H3,(H3,25,26,29,30,31)/t16-/m1/s1. The van der Waals surface area contributed by atoms with Crippen LogP contribution in [0.5, 0.6) is 0 Å². The van der Waals surface area contributed by atoms with E-state index in [4.69, 9.17) is 15.7 Å². The summed E-state index contributed by atoms with van der Waals surface area (Å²) in [5, 5.41) is 5.25. The fourth-order valence-electron chi connectivity index (χ4n) is 4.07. The summed E-state index contributed by atoms with van der Waals surface area (Å²) in [4.78, 5) is 28.0. The Labute approximate surface area is 207 Å². The molecule has 1 atom stereocenters. The number of hydrogen-bond acceptors (Lipinski definition) is 10. The number of thiophene rings is 1. The van der Waals surface area contributed by atoms with E-state index in [0.717, 1.165) is 46.4 Å². The summed E-state index contributed by atoms with van der Waals surface area (Å²) in [5.74, 6) is 2.13. The lowest BCUT2D eigenvalue weighted by molar-refractivity contribution is 0.322. The van der Waals surface area contributed by atoms with Gasteiger partial charge in [0.05, 0.1) is 11.8 Å². The van der Waals surface area contributed by atoms with Crippen molar-refractivity contribution >= 4 is 50.9 Å². The van der Waals surface area contributed by atoms with Crippen molar-refractivity contribution in [1.82, 2.24) is 29.8 Å². The van der Waals surface area contributed by atoms with E-state index in [0.29, 0.717) is 11.8 Å². The van der Waals surface area contributed by atoms with Gasteiger partial charge in [0.1, 0.15) is 21.5 Å². The van der Waals surface area contributed by atoms with E-state index in [1.54, 1.807) is 23.1 Å². The Balaban J connectivity index is 1.45. The number of benzene rings is 1. The number of para-hydroxylation sites is 1. The number of aromatic nitrogens is 5. The highest BCUT2D eigenvalue weighted by atomic mass is 32.2. The van der Waals surface area contributed by atoms with Gasteiger partial charge in [-0.15, -0.1) is 11.3 Å². The lowest BCUT2D eigenvalue weighted by atomic mass is 10.2. The van der Waals surface area contributed by atoms with Crippen molar-refractivity contribution < 1.29 is 0 Å². The second-order valence-corrected chi connectivity index (χ2v) is 11.1. The van der Waals surface area contributed by atoms with E-state index in [2.05, 4.69) is 45.9 Å². The number of thioether (sulfide) groups is 1. The first kappa shape index (κ1) is 22.9. The molecule has 5 rings (SSSR count). The molecule has 0 bridgehead atoms. The molecule has 4 aromatic rings. The summed E-state index contributed by atoms with van der Waals surface area (Å²) in [6, 6.07) is 9.79. The Morgan fingerprint density at radius 3 is 2.59 bits per heavy atom. The molecule has 0 radical (unpaired) electrons. The fourth-order valence-corrected chi connectivity index (χ4v) is 6.25. The summed E-state index contributed by atoms with van der Waals surface area (Å²) < 4.78 is 0. The summed E-state index contributed by atoms with van der Waals surface area (Å²) in [5.41, 5.74) is 8.17. The maximum atomic E-state index is 6.04. The smallest absolute Gasteiger partial charge is 0.232 e. The number of aryl methyl sites for hydroxylation is 2. The van der Waals surface area contributed by atoms with Gasteiger partial charge in [-0.25, -0.2) is 9.97 Å². The van der Waals surface area contributed by atoms with Crippen molar-refractivity contribution in [1.29, 1.82) is 0 Å². The molecule has 1 saturated heterocycles. The monoisotopic (exact) mass is 492 g/mol. The van der Waals surface area contributed by atoms with Crippen molar-refractivity contribution in [2.75, 3.05) is 24.1 Å². The second-order valence-electron chi connectivity index (χ2n) is 8.52. The summed E-state index contributed by atoms with van der Waals surface area (Å²) in [6.45, 7) is 9.39. The zero-order chi connectivity index (χ0) is 23.7. The number of fused-ring (bicyclic) bond motifs is 1. The normalized spacial score (nSPS) is 15.1. The highest BCUT2D eigenvalue weighted by Gasteiger charge is 2.22. The van der Waals surface area contributed by atoms with Crippen LogP contribution >= 0.6 is 23.1 Å². The van der Waals surface area contributed by atoms with Crippen LogP contribution in [0.1, 0.15) is 47.1 Å². The average Bonchev–Trinajstić information content (AvgIpc) is 3.41. The van der Waals surface area contributed by atoms with Crippen LogP contribution in [0.4, 0.5) is 17.6 Å². The Hall–Kier alpha value is -2.82. The largest absolute Gasteiger partial charge is 0.368 e. The van der Waals surface area contributed by atoms with Crippen LogP contribution in [0.3, 0.4) is 0 Å². The number of hydrogen-bond donors (Lipinski definition) is 2. The van der Waals surface area contributed by atoms with Gasteiger partial charge >= 0.3 is 0 Å². The quantitative estimate of drug-likeness (QED) is 0.264. The zero-order valence-corrected chi connectivity index (χ0v) is 21.2. The molecule has 0 aliphatic carbocycles. The molecule has 0 amide bonds. The molecular formula is C24H28N8S2. The number of nitrogen functional groups attached to an aromatic ring is 1. The molecule has 4 heterocycles. The van der Waals surface area contributed by atoms with Gasteiger partial charge in [-0.2, -0.15) is 15.0 Å². The molecule has 0 unspecified atom stereocenters. The van der Waals surface area contributed by atoms with Crippen LogP contribution in [0.25, 0.3) is 10.2 Å². The van der Waals surface area contributed by atoms with Gasteiger partial charge in [-0.1, -0.05) is 30.0 Å². The van der Waals surface area contributed by atoms with Crippen LogP contribution in [0, 0.1) is 13.8 Å². The van der Waals surface area contributed by atoms with Crippen LogP contribution in [-0.2, 0) is 6.54 Å². The highest BCUT2D eigenvalue weighted by molar-refractivity contribution is 7.99. The average molecular weight is 493 g/mol. The molecule has 0 saturated carbocycles. The molecule has 8 nitrogen and oxygen atoms in total. The van der Waals surface area contributed by atoms with E-state index >= 15 is 0 Å². The number of likely N-dealkylation sites (tertiary alicyclic amines) is 1. The van der Waals surface area contributed by atoms with Crippen molar-refractivity contribution in [2.24, 2.45) is 0 Å². The predicted octanol–water partition coefficient (Wildman–Crippen LogP) is 5.27. The molecule has 176 valence electrons. The van der Waals surface area contributed by atoms with Crippen molar-refractivity contribution in [3.05, 3.63) is 52.4 Å². The minimum Gasteiger partial charge on any atom is -0.368 e. The highest BCUT2D eigenvalue weighted by Crippen LogP contribution is 2.40. The molecule has 0 spiro atoms. The molecular weight excluding hydrogens is 464 g/mol. The van der Waals surface area contributed by atoms with Crippen molar-refractivity contribution in [3.8, 4) is 0 Å². The third-order valence-electron chi connectivity index (χ3n) is 5.96. The minimum absolute atomic E-state index is 0.0704. The Morgan fingerprint density at radius 1 is 1.06 bits per heavy atom. The minimum atomic E-state index is -0.0704. The van der Waals surface area contributed by atoms with Crippen LogP contribution < -0.4 is 11.1 Å². The Kier molecular flexibility index (Phi) is 6.62. The summed E-state index contributed by atoms with van der Waals surface area (Å²) in [7, 11) is 0. The molecule has 10 heteroatoms. The summed E-state index contributed by atoms with van der Waals surface area (Å²) in [6.07, 6.45) is 2.50. The molecule has 3 N–H and O–H groups in total. The van der Waals surface area contributed by atoms with Gasteiger partial charge in [0, 0.05) is 16.0 Å². The zero-order valence-electron chi connectivity index (χ0n) is 19.6. The van der Waals surface area contributed by atoms with Crippen LogP contribution in [0.2, 0.25) is 0 Å². The van der Waals surface area contributed by atoms with Gasteiger partial charge < -0.3 is 11.1 Å². The number of nitrogens with one attached hydrogen (secondary N) is 1. The first-order valence-electron chi connectivity index (χ1n) is 11.5. The Bertz CT molecular complexity index is 1300. The topological polar surface area (TPSA) is 106 Å². The predicted molar refractivity (Wildman–Crippen MR) is 140 cm³/mol. The van der Waals surface area contributed by atoms with Crippen molar-refractivity contribution in [2.45, 2.75) is 50.4 Å². The van der Waals surface area contributed by atoms with Crippen LogP contribution in [-0.4, -0.2) is 42.9 Å². The summed E-state index contributed by atoms with van der Waals surface area (Å²) >= 11 is 3.39. The van der Waals surface area contributed by atoms with E-state index in [-0.39, 0.29) is 11.2 Å². The van der Waals surface area contributed by atoms with E-state index in [9.17, 15) is 0 Å². The third-order valence-corrected chi connectivity index (χ3v) is 8.14.